The van der Waals surface area contributed by atoms with Crippen LogP contribution in [0.15, 0.2) is 35.5 Å². The fourth-order valence-electron chi connectivity index (χ4n) is 4.04. The van der Waals surface area contributed by atoms with Gasteiger partial charge in [-0.25, -0.2) is 22.2 Å². The number of ether oxygens (including phenoxy) is 1. The van der Waals surface area contributed by atoms with Crippen molar-refractivity contribution in [3.63, 3.8) is 0 Å². The summed E-state index contributed by atoms with van der Waals surface area (Å²) < 4.78 is 82.4. The molecule has 1 saturated carbocycles. The third-order valence-electron chi connectivity index (χ3n) is 5.97. The van der Waals surface area contributed by atoms with Gasteiger partial charge in [0.1, 0.15) is 40.1 Å². The van der Waals surface area contributed by atoms with Crippen molar-refractivity contribution in [2.24, 2.45) is 10.7 Å². The number of pyridine rings is 1. The van der Waals surface area contributed by atoms with Crippen molar-refractivity contribution >= 4 is 27.3 Å². The average Bonchev–Trinajstić information content (AvgIpc) is 3.56. The van der Waals surface area contributed by atoms with E-state index in [0.717, 1.165) is 18.3 Å². The van der Waals surface area contributed by atoms with E-state index in [0.29, 0.717) is 0 Å². The summed E-state index contributed by atoms with van der Waals surface area (Å²) in [5.74, 6) is -2.93. The van der Waals surface area contributed by atoms with Gasteiger partial charge in [0.2, 0.25) is 0 Å². The molecule has 0 saturated heterocycles. The van der Waals surface area contributed by atoms with Crippen LogP contribution in [0.4, 0.5) is 23.2 Å². The summed E-state index contributed by atoms with van der Waals surface area (Å²) in [5, 5.41) is 2.46. The molecule has 13 heteroatoms. The molecule has 1 amide bonds. The summed E-state index contributed by atoms with van der Waals surface area (Å²) in [7, 11) is -3.91. The minimum Gasteiger partial charge on any atom is -0.433 e. The Labute approximate surface area is 192 Å². The van der Waals surface area contributed by atoms with Crippen LogP contribution in [0.25, 0.3) is 0 Å². The SMILES string of the molecule is Cc1cc(OC(F)F)cnc1C(=O)Nc1ccc(F)c(C2(CF)CS(=O)(=O)C3(CC3)C(N)=N2)c1. The Bertz CT molecular complexity index is 1300. The third kappa shape index (κ3) is 3.97. The number of amidine groups is 1. The molecule has 0 radical (unpaired) electrons. The fraction of sp³-hybridized carbons (Fsp3) is 0.381. The van der Waals surface area contributed by atoms with Crippen molar-refractivity contribution < 1.29 is 35.5 Å². The summed E-state index contributed by atoms with van der Waals surface area (Å²) in [6, 6.07) is 4.43. The molecule has 8 nitrogen and oxygen atoms in total. The van der Waals surface area contributed by atoms with E-state index in [1.165, 1.54) is 19.1 Å². The third-order valence-corrected chi connectivity index (χ3v) is 8.64. The number of amides is 1. The summed E-state index contributed by atoms with van der Waals surface area (Å²) in [6.07, 6.45) is 1.50. The van der Waals surface area contributed by atoms with Gasteiger partial charge < -0.3 is 15.8 Å². The molecular formula is C21H20F4N4O4S. The number of hydrogen-bond acceptors (Lipinski definition) is 7. The maximum Gasteiger partial charge on any atom is 0.387 e. The van der Waals surface area contributed by atoms with Crippen molar-refractivity contribution in [2.75, 3.05) is 17.7 Å². The minimum absolute atomic E-state index is 0.0150. The number of benzene rings is 1. The summed E-state index contributed by atoms with van der Waals surface area (Å²) in [6.45, 7) is -2.94. The molecule has 1 fully saturated rings. The number of carbonyl (C=O) groups excluding carboxylic acids is 1. The molecule has 4 rings (SSSR count). The molecule has 1 aliphatic heterocycles. The standard InChI is InChI=1S/C21H20F4N4O4S/c1-11-6-13(33-19(24)25)8-27-16(11)17(30)28-12-2-3-15(23)14(7-12)20(9-22)10-34(31,32)21(4-5-21)18(26)29-20/h2-3,6-8,19H,4-5,9-10H2,1H3,(H2,26,29)(H,28,30). The molecule has 2 heterocycles. The highest BCUT2D eigenvalue weighted by molar-refractivity contribution is 7.94. The van der Waals surface area contributed by atoms with Crippen LogP contribution >= 0.6 is 0 Å². The van der Waals surface area contributed by atoms with Crippen molar-refractivity contribution in [1.82, 2.24) is 4.98 Å². The molecule has 1 aromatic heterocycles. The van der Waals surface area contributed by atoms with Gasteiger partial charge >= 0.3 is 6.61 Å². The number of aryl methyl sites for hydroxylation is 1. The van der Waals surface area contributed by atoms with Crippen LogP contribution in [0, 0.1) is 12.7 Å². The van der Waals surface area contributed by atoms with E-state index < -0.39 is 50.9 Å². The van der Waals surface area contributed by atoms with Gasteiger partial charge in [-0.05, 0) is 49.6 Å². The molecule has 0 bridgehead atoms. The second-order valence-corrected chi connectivity index (χ2v) is 10.6. The van der Waals surface area contributed by atoms with Crippen LogP contribution in [0.2, 0.25) is 0 Å². The lowest BCUT2D eigenvalue weighted by atomic mass is 9.92. The first-order valence-corrected chi connectivity index (χ1v) is 11.8. The van der Waals surface area contributed by atoms with E-state index in [1.54, 1.807) is 0 Å². The number of anilines is 1. The Morgan fingerprint density at radius 3 is 2.56 bits per heavy atom. The Hall–Kier alpha value is -3.22. The van der Waals surface area contributed by atoms with Crippen LogP contribution in [-0.2, 0) is 15.4 Å². The molecule has 2 aliphatic rings. The number of rotatable bonds is 6. The summed E-state index contributed by atoms with van der Waals surface area (Å²) in [4.78, 5) is 20.6. The minimum atomic E-state index is -3.91. The zero-order chi connectivity index (χ0) is 24.9. The lowest BCUT2D eigenvalue weighted by Gasteiger charge is -2.35. The molecule has 1 aliphatic carbocycles. The number of aromatic nitrogens is 1. The Morgan fingerprint density at radius 1 is 1.29 bits per heavy atom. The van der Waals surface area contributed by atoms with Gasteiger partial charge in [-0.15, -0.1) is 0 Å². The van der Waals surface area contributed by atoms with Crippen LogP contribution in [0.3, 0.4) is 0 Å². The number of carbonyl (C=O) groups is 1. The topological polar surface area (TPSA) is 124 Å². The Morgan fingerprint density at radius 2 is 2.00 bits per heavy atom. The van der Waals surface area contributed by atoms with Crippen LogP contribution in [-0.4, -0.2) is 48.9 Å². The van der Waals surface area contributed by atoms with Gasteiger partial charge in [-0.2, -0.15) is 8.78 Å². The van der Waals surface area contributed by atoms with E-state index in [1.807, 2.05) is 0 Å². The van der Waals surface area contributed by atoms with Crippen molar-refractivity contribution in [3.8, 4) is 5.75 Å². The van der Waals surface area contributed by atoms with Gasteiger partial charge in [0.15, 0.2) is 9.84 Å². The highest BCUT2D eigenvalue weighted by Crippen LogP contribution is 2.50. The summed E-state index contributed by atoms with van der Waals surface area (Å²) in [5.41, 5.74) is 3.54. The number of nitrogens with two attached hydrogens (primary N) is 1. The van der Waals surface area contributed by atoms with Crippen molar-refractivity contribution in [3.05, 3.63) is 53.1 Å². The zero-order valence-corrected chi connectivity index (χ0v) is 18.6. The first-order valence-electron chi connectivity index (χ1n) is 10.1. The average molecular weight is 500 g/mol. The molecule has 182 valence electrons. The largest absolute Gasteiger partial charge is 0.433 e. The van der Waals surface area contributed by atoms with Crippen molar-refractivity contribution in [1.29, 1.82) is 0 Å². The predicted molar refractivity (Wildman–Crippen MR) is 115 cm³/mol. The number of aliphatic imine (C=N–C) groups is 1. The monoisotopic (exact) mass is 500 g/mol. The number of sulfone groups is 1. The molecular weight excluding hydrogens is 480 g/mol. The lowest BCUT2D eigenvalue weighted by molar-refractivity contribution is -0.0501. The second-order valence-electron chi connectivity index (χ2n) is 8.28. The maximum absolute atomic E-state index is 14.8. The number of nitrogens with one attached hydrogen (secondary N) is 1. The number of hydrogen-bond donors (Lipinski definition) is 2. The molecule has 2 aromatic rings. The number of alkyl halides is 3. The van der Waals surface area contributed by atoms with Gasteiger partial charge in [0.25, 0.3) is 5.91 Å². The Balaban J connectivity index is 1.65. The summed E-state index contributed by atoms with van der Waals surface area (Å²) >= 11 is 0. The van der Waals surface area contributed by atoms with Gasteiger partial charge in [-0.3, -0.25) is 9.79 Å². The molecule has 1 spiro atoms. The van der Waals surface area contributed by atoms with Crippen LogP contribution in [0.1, 0.15) is 34.5 Å². The maximum atomic E-state index is 14.8. The van der Waals surface area contributed by atoms with Gasteiger partial charge in [0.05, 0.1) is 11.9 Å². The second kappa shape index (κ2) is 8.22. The quantitative estimate of drug-likeness (QED) is 0.588. The zero-order valence-electron chi connectivity index (χ0n) is 17.8. The van der Waals surface area contributed by atoms with Crippen molar-refractivity contribution in [2.45, 2.75) is 36.7 Å². The van der Waals surface area contributed by atoms with Crippen LogP contribution in [0.5, 0.6) is 5.75 Å². The highest BCUT2D eigenvalue weighted by Gasteiger charge is 2.63. The lowest BCUT2D eigenvalue weighted by Crippen LogP contribution is -2.52. The van der Waals surface area contributed by atoms with Gasteiger partial charge in [-0.1, -0.05) is 0 Å². The Kier molecular flexibility index (Phi) is 5.78. The predicted octanol–water partition coefficient (Wildman–Crippen LogP) is 2.87. The van der Waals surface area contributed by atoms with Crippen LogP contribution < -0.4 is 15.8 Å². The first kappa shape index (κ1) is 23.9. The van der Waals surface area contributed by atoms with E-state index >= 15 is 0 Å². The normalized spacial score (nSPS) is 22.4. The molecule has 3 N–H and O–H groups in total. The smallest absolute Gasteiger partial charge is 0.387 e. The molecule has 1 aromatic carbocycles. The van der Waals surface area contributed by atoms with E-state index in [4.69, 9.17) is 5.73 Å². The number of halogens is 4. The first-order chi connectivity index (χ1) is 15.9. The van der Waals surface area contributed by atoms with E-state index in [9.17, 15) is 30.8 Å². The molecule has 1 unspecified atom stereocenters. The van der Waals surface area contributed by atoms with E-state index in [2.05, 4.69) is 20.0 Å². The molecule has 34 heavy (non-hydrogen) atoms. The molecule has 1 atom stereocenters. The van der Waals surface area contributed by atoms with E-state index in [-0.39, 0.29) is 46.9 Å². The van der Waals surface area contributed by atoms with Gasteiger partial charge in [0, 0.05) is 11.3 Å². The fourth-order valence-corrected chi connectivity index (χ4v) is 6.33. The number of nitrogens with zero attached hydrogens (tertiary/aromatic N) is 2. The highest BCUT2D eigenvalue weighted by atomic mass is 32.2.